The first-order valence-electron chi connectivity index (χ1n) is 10.6. The number of carbonyl (C=O) groups is 1. The van der Waals surface area contributed by atoms with Gasteiger partial charge in [0.2, 0.25) is 0 Å². The fourth-order valence-electron chi connectivity index (χ4n) is 4.30. The van der Waals surface area contributed by atoms with Crippen molar-refractivity contribution >= 4 is 5.91 Å². The topological polar surface area (TPSA) is 77.5 Å². The van der Waals surface area contributed by atoms with Crippen LogP contribution in [0.25, 0.3) is 0 Å². The Morgan fingerprint density at radius 2 is 2.17 bits per heavy atom. The zero-order valence-corrected chi connectivity index (χ0v) is 16.8. The van der Waals surface area contributed by atoms with Crippen molar-refractivity contribution in [2.45, 2.75) is 31.9 Å². The molecule has 3 N–H and O–H groups in total. The first-order chi connectivity index (χ1) is 14.2. The van der Waals surface area contributed by atoms with Crippen molar-refractivity contribution < 1.29 is 9.90 Å². The van der Waals surface area contributed by atoms with E-state index >= 15 is 0 Å². The number of benzene rings is 1. The summed E-state index contributed by atoms with van der Waals surface area (Å²) in [7, 11) is 0. The Morgan fingerprint density at radius 1 is 1.31 bits per heavy atom. The maximum absolute atomic E-state index is 12.5. The molecule has 2 aliphatic heterocycles. The summed E-state index contributed by atoms with van der Waals surface area (Å²) in [6, 6.07) is 12.1. The van der Waals surface area contributed by atoms with E-state index in [0.29, 0.717) is 18.0 Å². The summed E-state index contributed by atoms with van der Waals surface area (Å²) in [5.74, 6) is 0.443. The minimum absolute atomic E-state index is 0.152. The van der Waals surface area contributed by atoms with Crippen LogP contribution >= 0.6 is 0 Å². The van der Waals surface area contributed by atoms with Crippen molar-refractivity contribution in [1.29, 1.82) is 0 Å². The summed E-state index contributed by atoms with van der Waals surface area (Å²) in [6.07, 6.45) is 4.17. The van der Waals surface area contributed by atoms with E-state index in [1.165, 1.54) is 11.1 Å². The number of carbonyl (C=O) groups excluding carboxylic acids is 1. The Bertz CT molecular complexity index is 835. The maximum atomic E-state index is 12.5. The smallest absolute Gasteiger partial charge is 0.251 e. The zero-order valence-electron chi connectivity index (χ0n) is 16.8. The molecule has 1 fully saturated rings. The quantitative estimate of drug-likeness (QED) is 0.661. The fraction of sp³-hybridized carbons (Fsp3) is 0.478. The van der Waals surface area contributed by atoms with Crippen LogP contribution in [0.1, 0.15) is 33.6 Å². The van der Waals surface area contributed by atoms with Crippen LogP contribution in [0.2, 0.25) is 0 Å². The van der Waals surface area contributed by atoms with E-state index < -0.39 is 6.10 Å². The van der Waals surface area contributed by atoms with Gasteiger partial charge in [-0.25, -0.2) is 0 Å². The highest BCUT2D eigenvalue weighted by atomic mass is 16.3. The molecule has 6 nitrogen and oxygen atoms in total. The summed E-state index contributed by atoms with van der Waals surface area (Å²) in [5.41, 5.74) is 4.30. The van der Waals surface area contributed by atoms with Gasteiger partial charge in [-0.3, -0.25) is 14.7 Å². The van der Waals surface area contributed by atoms with Crippen LogP contribution in [-0.4, -0.2) is 59.7 Å². The number of aliphatic hydroxyl groups is 1. The Balaban J connectivity index is 1.25. The number of aromatic nitrogens is 1. The van der Waals surface area contributed by atoms with Crippen molar-refractivity contribution in [3.8, 4) is 0 Å². The van der Waals surface area contributed by atoms with Gasteiger partial charge in [0.15, 0.2) is 0 Å². The van der Waals surface area contributed by atoms with Crippen molar-refractivity contribution in [2.24, 2.45) is 5.92 Å². The highest BCUT2D eigenvalue weighted by molar-refractivity contribution is 5.94. The van der Waals surface area contributed by atoms with Crippen LogP contribution < -0.4 is 10.6 Å². The molecule has 1 saturated heterocycles. The van der Waals surface area contributed by atoms with Gasteiger partial charge >= 0.3 is 0 Å². The first-order valence-corrected chi connectivity index (χ1v) is 10.6. The predicted octanol–water partition coefficient (Wildman–Crippen LogP) is 1.38. The number of amides is 1. The third-order valence-corrected chi connectivity index (χ3v) is 5.92. The van der Waals surface area contributed by atoms with Gasteiger partial charge in [0.1, 0.15) is 0 Å². The predicted molar refractivity (Wildman–Crippen MR) is 113 cm³/mol. The largest absolute Gasteiger partial charge is 0.390 e. The average Bonchev–Trinajstić information content (AvgIpc) is 3.25. The van der Waals surface area contributed by atoms with Gasteiger partial charge in [-0.1, -0.05) is 24.3 Å². The van der Waals surface area contributed by atoms with Crippen LogP contribution in [0.15, 0.2) is 42.6 Å². The third-order valence-electron chi connectivity index (χ3n) is 5.92. The maximum Gasteiger partial charge on any atom is 0.251 e. The van der Waals surface area contributed by atoms with E-state index in [2.05, 4.69) is 44.8 Å². The normalized spacial score (nSPS) is 20.2. The van der Waals surface area contributed by atoms with E-state index in [1.54, 1.807) is 12.3 Å². The van der Waals surface area contributed by atoms with E-state index in [4.69, 9.17) is 0 Å². The molecule has 0 aliphatic carbocycles. The molecule has 2 atom stereocenters. The van der Waals surface area contributed by atoms with Gasteiger partial charge in [-0.05, 0) is 61.5 Å². The van der Waals surface area contributed by atoms with E-state index in [-0.39, 0.29) is 12.5 Å². The average molecular weight is 395 g/mol. The van der Waals surface area contributed by atoms with Crippen LogP contribution in [0.3, 0.4) is 0 Å². The molecule has 0 saturated carbocycles. The second-order valence-corrected chi connectivity index (χ2v) is 8.22. The molecule has 0 spiro atoms. The van der Waals surface area contributed by atoms with E-state index in [1.807, 2.05) is 6.07 Å². The Hall–Kier alpha value is -2.28. The summed E-state index contributed by atoms with van der Waals surface area (Å²) >= 11 is 0. The SMILES string of the molecule is O=C(NC[C@H](O)CN1CCc2ccccc2C1)c1ccnc(CC2CCNC2)c1. The lowest BCUT2D eigenvalue weighted by atomic mass is 10.00. The highest BCUT2D eigenvalue weighted by Gasteiger charge is 2.19. The summed E-state index contributed by atoms with van der Waals surface area (Å²) in [5, 5.41) is 16.6. The standard InChI is InChI=1S/C23H30N4O2/c28-22(16-27-10-7-18-3-1-2-4-20(18)15-27)14-26-23(29)19-6-9-25-21(12-19)11-17-5-8-24-13-17/h1-4,6,9,12,17,22,24,28H,5,7-8,10-11,13-16H2,(H,26,29)/t17?,22-/m0/s1. The number of β-amino-alcohol motifs (C(OH)–C–C–N with tert-alkyl or cyclic N) is 1. The van der Waals surface area contributed by atoms with Gasteiger partial charge in [0.25, 0.3) is 5.91 Å². The Kier molecular flexibility index (Phi) is 6.54. The lowest BCUT2D eigenvalue weighted by Crippen LogP contribution is -2.42. The van der Waals surface area contributed by atoms with Gasteiger partial charge in [-0.15, -0.1) is 0 Å². The Labute approximate surface area is 172 Å². The van der Waals surface area contributed by atoms with Crippen molar-refractivity contribution in [2.75, 3.05) is 32.7 Å². The Morgan fingerprint density at radius 3 is 3.00 bits per heavy atom. The van der Waals surface area contributed by atoms with Crippen molar-refractivity contribution in [1.82, 2.24) is 20.5 Å². The summed E-state index contributed by atoms with van der Waals surface area (Å²) in [6.45, 7) is 4.68. The number of pyridine rings is 1. The second kappa shape index (κ2) is 9.48. The lowest BCUT2D eigenvalue weighted by molar-refractivity contribution is 0.0841. The van der Waals surface area contributed by atoms with Gasteiger partial charge < -0.3 is 15.7 Å². The zero-order chi connectivity index (χ0) is 20.1. The first kappa shape index (κ1) is 20.0. The van der Waals surface area contributed by atoms with Gasteiger partial charge in [0.05, 0.1) is 6.10 Å². The fourth-order valence-corrected chi connectivity index (χ4v) is 4.30. The molecule has 3 heterocycles. The van der Waals surface area contributed by atoms with Crippen LogP contribution in [-0.2, 0) is 19.4 Å². The summed E-state index contributed by atoms with van der Waals surface area (Å²) in [4.78, 5) is 19.2. The lowest BCUT2D eigenvalue weighted by Gasteiger charge is -2.30. The number of hydrogen-bond donors (Lipinski definition) is 3. The number of fused-ring (bicyclic) bond motifs is 1. The molecule has 2 aliphatic rings. The molecule has 154 valence electrons. The van der Waals surface area contributed by atoms with Crippen LogP contribution in [0.5, 0.6) is 0 Å². The number of rotatable bonds is 7. The van der Waals surface area contributed by atoms with Gasteiger partial charge in [0, 0.05) is 43.6 Å². The van der Waals surface area contributed by atoms with Crippen LogP contribution in [0, 0.1) is 5.92 Å². The van der Waals surface area contributed by atoms with E-state index in [0.717, 1.165) is 51.1 Å². The third kappa shape index (κ3) is 5.41. The summed E-state index contributed by atoms with van der Waals surface area (Å²) < 4.78 is 0. The van der Waals surface area contributed by atoms with Gasteiger partial charge in [-0.2, -0.15) is 0 Å². The number of nitrogens with one attached hydrogen (secondary N) is 2. The molecule has 1 aromatic carbocycles. The number of hydrogen-bond acceptors (Lipinski definition) is 5. The van der Waals surface area contributed by atoms with E-state index in [9.17, 15) is 9.90 Å². The molecule has 1 amide bonds. The molecule has 29 heavy (non-hydrogen) atoms. The molecule has 1 aromatic heterocycles. The molecule has 0 bridgehead atoms. The molecule has 6 heteroatoms. The minimum atomic E-state index is -0.588. The molecule has 0 radical (unpaired) electrons. The second-order valence-electron chi connectivity index (χ2n) is 8.22. The van der Waals surface area contributed by atoms with Crippen molar-refractivity contribution in [3.63, 3.8) is 0 Å². The molecular formula is C23H30N4O2. The minimum Gasteiger partial charge on any atom is -0.390 e. The monoisotopic (exact) mass is 394 g/mol. The molecule has 4 rings (SSSR count). The van der Waals surface area contributed by atoms with Crippen LogP contribution in [0.4, 0.5) is 0 Å². The molecular weight excluding hydrogens is 364 g/mol. The van der Waals surface area contributed by atoms with Crippen molar-refractivity contribution in [3.05, 3.63) is 65.0 Å². The molecule has 2 aromatic rings. The highest BCUT2D eigenvalue weighted by Crippen LogP contribution is 2.18. The number of aliphatic hydroxyl groups excluding tert-OH is 1. The molecule has 1 unspecified atom stereocenters. The number of nitrogens with zero attached hydrogens (tertiary/aromatic N) is 2.